The van der Waals surface area contributed by atoms with Crippen LogP contribution in [0.3, 0.4) is 0 Å². The number of tetrazole rings is 1. The molecule has 1 fully saturated rings. The molecule has 13 heteroatoms. The zero-order valence-electron chi connectivity index (χ0n) is 24.4. The quantitative estimate of drug-likeness (QED) is 0.171. The van der Waals surface area contributed by atoms with Gasteiger partial charge in [-0.3, -0.25) is 9.59 Å². The van der Waals surface area contributed by atoms with Crippen LogP contribution in [0.2, 0.25) is 0 Å². The Morgan fingerprint density at radius 2 is 1.82 bits per heavy atom. The summed E-state index contributed by atoms with van der Waals surface area (Å²) in [5.41, 5.74) is 3.63. The molecule has 44 heavy (non-hydrogen) atoms. The second-order valence-electron chi connectivity index (χ2n) is 10.4. The Hall–Kier alpha value is -4.30. The molecular weight excluding hydrogens is 586 g/mol. The summed E-state index contributed by atoms with van der Waals surface area (Å²) in [4.78, 5) is 23.8. The first kappa shape index (κ1) is 31.1. The van der Waals surface area contributed by atoms with Crippen molar-refractivity contribution in [2.24, 2.45) is 5.92 Å². The van der Waals surface area contributed by atoms with E-state index in [9.17, 15) is 19.8 Å². The number of aromatic hydroxyl groups is 1. The fourth-order valence-corrected chi connectivity index (χ4v) is 5.85. The number of aliphatic hydroxyl groups is 1. The van der Waals surface area contributed by atoms with E-state index in [1.165, 1.54) is 25.6 Å². The second-order valence-corrected chi connectivity index (χ2v) is 11.4. The third kappa shape index (κ3) is 7.42. The van der Waals surface area contributed by atoms with Gasteiger partial charge in [0.15, 0.2) is 12.4 Å². The van der Waals surface area contributed by atoms with Crippen molar-refractivity contribution in [2.45, 2.75) is 57.1 Å². The van der Waals surface area contributed by atoms with Crippen molar-refractivity contribution < 1.29 is 34.0 Å². The highest BCUT2D eigenvalue weighted by Gasteiger charge is 2.38. The number of amides is 1. The maximum Gasteiger partial charge on any atom is 0.303 e. The molecular formula is C31H33N5O7S. The third-order valence-electron chi connectivity index (χ3n) is 7.17. The maximum atomic E-state index is 12.6. The zero-order chi connectivity index (χ0) is 31.2. The van der Waals surface area contributed by atoms with Gasteiger partial charge in [-0.05, 0) is 64.9 Å². The molecule has 3 N–H and O–H groups in total. The average Bonchev–Trinajstić information content (AvgIpc) is 3.49. The smallest absolute Gasteiger partial charge is 0.303 e. The van der Waals surface area contributed by atoms with Crippen LogP contribution < -0.4 is 5.32 Å². The highest BCUT2D eigenvalue weighted by Crippen LogP contribution is 2.43. The molecule has 1 aliphatic rings. The Morgan fingerprint density at radius 1 is 1.07 bits per heavy atom. The van der Waals surface area contributed by atoms with Crippen molar-refractivity contribution in [3.8, 4) is 11.4 Å². The molecule has 230 valence electrons. The summed E-state index contributed by atoms with van der Waals surface area (Å²) in [6.45, 7) is 4.75. The van der Waals surface area contributed by atoms with Gasteiger partial charge in [0.2, 0.25) is 5.16 Å². The molecule has 0 saturated carbocycles. The van der Waals surface area contributed by atoms with Gasteiger partial charge in [-0.2, -0.15) is 4.68 Å². The molecule has 2 heterocycles. The number of carbonyl (C=O) groups is 2. The van der Waals surface area contributed by atoms with E-state index in [0.29, 0.717) is 27.8 Å². The summed E-state index contributed by atoms with van der Waals surface area (Å²) in [6, 6.07) is 21.3. The van der Waals surface area contributed by atoms with E-state index >= 15 is 0 Å². The van der Waals surface area contributed by atoms with Gasteiger partial charge in [-0.1, -0.05) is 55.1 Å². The number of nitrogens with one attached hydrogen (secondary N) is 1. The van der Waals surface area contributed by atoms with Gasteiger partial charge in [0.25, 0.3) is 5.91 Å². The Balaban J connectivity index is 1.38. The molecule has 12 nitrogen and oxygen atoms in total. The minimum absolute atomic E-state index is 0.0588. The predicted molar refractivity (Wildman–Crippen MR) is 161 cm³/mol. The van der Waals surface area contributed by atoms with Crippen LogP contribution in [0.25, 0.3) is 5.69 Å². The average molecular weight is 620 g/mol. The molecule has 0 radical (unpaired) electrons. The molecule has 1 amide bonds. The van der Waals surface area contributed by atoms with Crippen LogP contribution in [0.5, 0.6) is 5.75 Å². The highest BCUT2D eigenvalue weighted by atomic mass is 32.2. The van der Waals surface area contributed by atoms with Crippen LogP contribution in [-0.2, 0) is 30.4 Å². The molecule has 0 unspecified atom stereocenters. The Labute approximate surface area is 258 Å². The van der Waals surface area contributed by atoms with Crippen LogP contribution in [-0.4, -0.2) is 60.3 Å². The van der Waals surface area contributed by atoms with E-state index in [1.54, 1.807) is 47.1 Å². The number of phenols is 1. The first-order valence-corrected chi connectivity index (χ1v) is 15.0. The fraction of sp³-hybridized carbons (Fsp3) is 0.323. The Bertz CT molecular complexity index is 1580. The van der Waals surface area contributed by atoms with E-state index in [-0.39, 0.29) is 30.5 Å². The minimum atomic E-state index is -0.954. The lowest BCUT2D eigenvalue weighted by Crippen LogP contribution is -2.38. The lowest BCUT2D eigenvalue weighted by molar-refractivity contribution is -0.268. The molecule has 0 bridgehead atoms. The lowest BCUT2D eigenvalue weighted by Gasteiger charge is -2.41. The van der Waals surface area contributed by atoms with Crippen molar-refractivity contribution in [3.63, 3.8) is 0 Å². The standard InChI is InChI=1S/C31H33N5O7S/c1-18-27(17-44-31-33-34-35-36(31)25-11-13-26(39)14-12-25)42-30(43-28(18)22-9-7-21(16-37)8-10-22)23-5-4-6-24(15-23)32-29(40)19(2)41-20(3)38/h4-15,18-19,27-28,30,37,39H,16-17H2,1-3H3,(H,32,40)/t18-,19+,27+,28+,30+/m1/s1. The molecule has 1 aromatic heterocycles. The monoisotopic (exact) mass is 619 g/mol. The van der Waals surface area contributed by atoms with Crippen molar-refractivity contribution in [1.82, 2.24) is 20.2 Å². The number of hydrogen-bond acceptors (Lipinski definition) is 11. The number of carbonyl (C=O) groups excluding carboxylic acids is 2. The molecule has 0 aliphatic carbocycles. The van der Waals surface area contributed by atoms with Crippen molar-refractivity contribution in [1.29, 1.82) is 0 Å². The number of nitrogens with zero attached hydrogens (tertiary/aromatic N) is 4. The van der Waals surface area contributed by atoms with Crippen LogP contribution in [0.4, 0.5) is 5.69 Å². The predicted octanol–water partition coefficient (Wildman–Crippen LogP) is 4.33. The van der Waals surface area contributed by atoms with E-state index < -0.39 is 24.3 Å². The number of anilines is 1. The molecule has 4 aromatic rings. The highest BCUT2D eigenvalue weighted by molar-refractivity contribution is 7.99. The maximum absolute atomic E-state index is 12.6. The van der Waals surface area contributed by atoms with Gasteiger partial charge in [-0.15, -0.1) is 5.10 Å². The summed E-state index contributed by atoms with van der Waals surface area (Å²) in [6.07, 6.45) is -2.36. The summed E-state index contributed by atoms with van der Waals surface area (Å²) in [5, 5.41) is 34.7. The third-order valence-corrected chi connectivity index (χ3v) is 8.18. The van der Waals surface area contributed by atoms with Gasteiger partial charge in [-0.25, -0.2) is 0 Å². The fourth-order valence-electron chi connectivity index (χ4n) is 4.80. The first-order chi connectivity index (χ1) is 21.2. The summed E-state index contributed by atoms with van der Waals surface area (Å²) >= 11 is 1.44. The van der Waals surface area contributed by atoms with Gasteiger partial charge < -0.3 is 29.7 Å². The number of rotatable bonds is 10. The molecule has 5 rings (SSSR count). The first-order valence-electron chi connectivity index (χ1n) is 14.0. The summed E-state index contributed by atoms with van der Waals surface area (Å²) in [5.74, 6) is -0.435. The van der Waals surface area contributed by atoms with Crippen molar-refractivity contribution in [3.05, 3.63) is 89.5 Å². The number of phenolic OH excluding ortho intramolecular Hbond substituents is 1. The van der Waals surface area contributed by atoms with Gasteiger partial charge >= 0.3 is 5.97 Å². The Morgan fingerprint density at radius 3 is 2.52 bits per heavy atom. The van der Waals surface area contributed by atoms with E-state index in [0.717, 1.165) is 11.1 Å². The summed E-state index contributed by atoms with van der Waals surface area (Å²) in [7, 11) is 0. The molecule has 1 aliphatic heterocycles. The number of esters is 1. The van der Waals surface area contributed by atoms with Crippen molar-refractivity contribution >= 4 is 29.3 Å². The number of aromatic nitrogens is 4. The van der Waals surface area contributed by atoms with Crippen LogP contribution in [0.1, 0.15) is 49.9 Å². The lowest BCUT2D eigenvalue weighted by atomic mass is 9.91. The number of hydrogen-bond donors (Lipinski definition) is 3. The van der Waals surface area contributed by atoms with E-state index in [2.05, 4.69) is 27.8 Å². The van der Waals surface area contributed by atoms with E-state index in [1.807, 2.05) is 30.3 Å². The van der Waals surface area contributed by atoms with Gasteiger partial charge in [0.1, 0.15) is 5.75 Å². The normalized spacial score (nSPS) is 20.5. The van der Waals surface area contributed by atoms with Gasteiger partial charge in [0.05, 0.1) is 24.5 Å². The van der Waals surface area contributed by atoms with Crippen molar-refractivity contribution in [2.75, 3.05) is 11.1 Å². The zero-order valence-corrected chi connectivity index (χ0v) is 25.2. The number of benzene rings is 3. The van der Waals surface area contributed by atoms with Crippen LogP contribution in [0, 0.1) is 5.92 Å². The SMILES string of the molecule is CC(=O)O[C@@H](C)C(=O)Nc1cccc([C@H]2O[C@@H](CSc3nnnn3-c3ccc(O)cc3)[C@@H](C)[C@@H](c3ccc(CO)cc3)O2)c1. The largest absolute Gasteiger partial charge is 0.508 e. The number of aliphatic hydroxyl groups excluding tert-OH is 1. The number of thioether (sulfide) groups is 1. The van der Waals surface area contributed by atoms with Crippen LogP contribution in [0.15, 0.2) is 78.0 Å². The van der Waals surface area contributed by atoms with E-state index in [4.69, 9.17) is 14.2 Å². The molecule has 1 saturated heterocycles. The molecule has 3 aromatic carbocycles. The summed E-state index contributed by atoms with van der Waals surface area (Å²) < 4.78 is 19.6. The Kier molecular flexibility index (Phi) is 9.90. The van der Waals surface area contributed by atoms with Gasteiger partial charge in [0, 0.05) is 29.8 Å². The van der Waals surface area contributed by atoms with Crippen LogP contribution >= 0.6 is 11.8 Å². The molecule has 0 spiro atoms. The second kappa shape index (κ2) is 14.0. The minimum Gasteiger partial charge on any atom is -0.508 e. The topological polar surface area (TPSA) is 158 Å². The number of ether oxygens (including phenoxy) is 3. The molecule has 5 atom stereocenters.